The monoisotopic (exact) mass is 412 g/mol. The van der Waals surface area contributed by atoms with Crippen LogP contribution in [-0.2, 0) is 11.2 Å². The van der Waals surface area contributed by atoms with Gasteiger partial charge in [-0.2, -0.15) is 0 Å². The van der Waals surface area contributed by atoms with Gasteiger partial charge >= 0.3 is 0 Å². The molecule has 2 aromatic heterocycles. The first kappa shape index (κ1) is 20.4. The minimum atomic E-state index is -0.0764. The first-order valence-electron chi connectivity index (χ1n) is 9.31. The molecule has 6 heteroatoms. The SMILES string of the molecule is Cc1cc(C(=O)CCC(=O)NCCc2ccc(-c3csc(C)n3)cc2)c(C)s1. The molecule has 28 heavy (non-hydrogen) atoms. The van der Waals surface area contributed by atoms with Gasteiger partial charge in [0.05, 0.1) is 10.7 Å². The molecule has 3 aromatic rings. The van der Waals surface area contributed by atoms with Crippen LogP contribution in [0.4, 0.5) is 0 Å². The fourth-order valence-electron chi connectivity index (χ4n) is 3.04. The van der Waals surface area contributed by atoms with Crippen LogP contribution in [0, 0.1) is 20.8 Å². The summed E-state index contributed by atoms with van der Waals surface area (Å²) in [6.07, 6.45) is 1.25. The third-order valence-corrected chi connectivity index (χ3v) is 6.26. The van der Waals surface area contributed by atoms with Crippen LogP contribution in [0.25, 0.3) is 11.3 Å². The molecule has 1 aromatic carbocycles. The number of amides is 1. The summed E-state index contributed by atoms with van der Waals surface area (Å²) in [5, 5.41) is 6.03. The Morgan fingerprint density at radius 1 is 1.07 bits per heavy atom. The van der Waals surface area contributed by atoms with Crippen LogP contribution in [0.15, 0.2) is 35.7 Å². The van der Waals surface area contributed by atoms with E-state index in [1.54, 1.807) is 22.7 Å². The topological polar surface area (TPSA) is 59.1 Å². The number of carbonyl (C=O) groups is 2. The fraction of sp³-hybridized carbons (Fsp3) is 0.318. The average Bonchev–Trinajstić information content (AvgIpc) is 3.25. The first-order chi connectivity index (χ1) is 13.4. The summed E-state index contributed by atoms with van der Waals surface area (Å²) in [6, 6.07) is 10.2. The lowest BCUT2D eigenvalue weighted by Gasteiger charge is -2.06. The second-order valence-electron chi connectivity index (χ2n) is 6.80. The zero-order valence-electron chi connectivity index (χ0n) is 16.4. The number of hydrogen-bond donors (Lipinski definition) is 1. The average molecular weight is 413 g/mol. The zero-order chi connectivity index (χ0) is 20.1. The number of aryl methyl sites for hydroxylation is 3. The Labute approximate surface area is 173 Å². The van der Waals surface area contributed by atoms with Crippen molar-refractivity contribution in [2.45, 2.75) is 40.0 Å². The van der Waals surface area contributed by atoms with Gasteiger partial charge in [-0.15, -0.1) is 22.7 Å². The highest BCUT2D eigenvalue weighted by molar-refractivity contribution is 7.12. The molecule has 0 atom stereocenters. The van der Waals surface area contributed by atoms with E-state index in [0.717, 1.165) is 43.6 Å². The Kier molecular flexibility index (Phi) is 6.75. The van der Waals surface area contributed by atoms with E-state index in [4.69, 9.17) is 0 Å². The van der Waals surface area contributed by atoms with Gasteiger partial charge < -0.3 is 5.32 Å². The van der Waals surface area contributed by atoms with Crippen molar-refractivity contribution in [3.63, 3.8) is 0 Å². The first-order valence-corrected chi connectivity index (χ1v) is 11.0. The van der Waals surface area contributed by atoms with Crippen molar-refractivity contribution in [3.8, 4) is 11.3 Å². The molecule has 146 valence electrons. The third kappa shape index (κ3) is 5.36. The van der Waals surface area contributed by atoms with Gasteiger partial charge in [-0.3, -0.25) is 9.59 Å². The molecule has 0 unspecified atom stereocenters. The van der Waals surface area contributed by atoms with Crippen molar-refractivity contribution in [3.05, 3.63) is 61.6 Å². The highest BCUT2D eigenvalue weighted by Gasteiger charge is 2.13. The third-order valence-electron chi connectivity index (χ3n) is 4.53. The molecule has 2 heterocycles. The van der Waals surface area contributed by atoms with Crippen molar-refractivity contribution in [1.82, 2.24) is 10.3 Å². The number of hydrogen-bond acceptors (Lipinski definition) is 5. The summed E-state index contributed by atoms with van der Waals surface area (Å²) in [6.45, 7) is 6.51. The lowest BCUT2D eigenvalue weighted by molar-refractivity contribution is -0.121. The number of carbonyl (C=O) groups excluding carboxylic acids is 2. The van der Waals surface area contributed by atoms with Gasteiger partial charge in [0.1, 0.15) is 0 Å². The molecule has 0 saturated heterocycles. The summed E-state index contributed by atoms with van der Waals surface area (Å²) in [7, 11) is 0. The van der Waals surface area contributed by atoms with Crippen LogP contribution in [0.5, 0.6) is 0 Å². The number of nitrogens with one attached hydrogen (secondary N) is 1. The standard InChI is InChI=1S/C22H24N2O2S2/c1-14-12-19(15(2)28-14)21(25)8-9-22(26)23-11-10-17-4-6-18(7-5-17)20-13-27-16(3)24-20/h4-7,12-13H,8-11H2,1-3H3,(H,23,26). The molecule has 4 nitrogen and oxygen atoms in total. The van der Waals surface area contributed by atoms with E-state index >= 15 is 0 Å². The number of rotatable bonds is 8. The van der Waals surface area contributed by atoms with Gasteiger partial charge in [0.15, 0.2) is 5.78 Å². The molecule has 0 fully saturated rings. The lowest BCUT2D eigenvalue weighted by atomic mass is 10.1. The van der Waals surface area contributed by atoms with Crippen LogP contribution in [0.3, 0.4) is 0 Å². The van der Waals surface area contributed by atoms with E-state index in [-0.39, 0.29) is 24.5 Å². The molecule has 1 amide bonds. The lowest BCUT2D eigenvalue weighted by Crippen LogP contribution is -2.26. The number of aromatic nitrogens is 1. The van der Waals surface area contributed by atoms with E-state index in [1.165, 1.54) is 0 Å². The van der Waals surface area contributed by atoms with E-state index in [9.17, 15) is 9.59 Å². The van der Waals surface area contributed by atoms with Gasteiger partial charge in [-0.1, -0.05) is 24.3 Å². The summed E-state index contributed by atoms with van der Waals surface area (Å²) in [4.78, 5) is 30.9. The van der Waals surface area contributed by atoms with Crippen LogP contribution in [-0.4, -0.2) is 23.2 Å². The predicted octanol–water partition coefficient (Wildman–Crippen LogP) is 5.12. The molecular weight excluding hydrogens is 388 g/mol. The van der Waals surface area contributed by atoms with Crippen molar-refractivity contribution >= 4 is 34.4 Å². The number of thiazole rings is 1. The van der Waals surface area contributed by atoms with Gasteiger partial charge in [0.2, 0.25) is 5.91 Å². The normalized spacial score (nSPS) is 10.8. The number of benzene rings is 1. The molecule has 0 spiro atoms. The quantitative estimate of drug-likeness (QED) is 0.523. The number of nitrogens with zero attached hydrogens (tertiary/aromatic N) is 1. The largest absolute Gasteiger partial charge is 0.356 e. The highest BCUT2D eigenvalue weighted by Crippen LogP contribution is 2.23. The van der Waals surface area contributed by atoms with Crippen LogP contribution in [0.2, 0.25) is 0 Å². The van der Waals surface area contributed by atoms with Crippen molar-refractivity contribution < 1.29 is 9.59 Å². The summed E-state index contributed by atoms with van der Waals surface area (Å²) in [5.41, 5.74) is 4.03. The van der Waals surface area contributed by atoms with E-state index in [1.807, 2.05) is 26.8 Å². The zero-order valence-corrected chi connectivity index (χ0v) is 18.0. The van der Waals surface area contributed by atoms with Crippen molar-refractivity contribution in [2.24, 2.45) is 0 Å². The van der Waals surface area contributed by atoms with E-state index in [0.29, 0.717) is 6.54 Å². The molecule has 0 saturated carbocycles. The van der Waals surface area contributed by atoms with Gasteiger partial charge in [0, 0.05) is 45.6 Å². The Morgan fingerprint density at radius 3 is 2.43 bits per heavy atom. The van der Waals surface area contributed by atoms with Crippen LogP contribution >= 0.6 is 22.7 Å². The maximum Gasteiger partial charge on any atom is 0.220 e. The molecule has 1 N–H and O–H groups in total. The fourth-order valence-corrected chi connectivity index (χ4v) is 4.61. The van der Waals surface area contributed by atoms with Crippen LogP contribution in [0.1, 0.15) is 43.5 Å². The molecule has 3 rings (SSSR count). The Balaban J connectivity index is 1.41. The van der Waals surface area contributed by atoms with E-state index in [2.05, 4.69) is 39.9 Å². The maximum absolute atomic E-state index is 12.3. The van der Waals surface area contributed by atoms with Gasteiger partial charge in [0.25, 0.3) is 0 Å². The number of Topliss-reactive ketones (excluding diaryl/α,β-unsaturated/α-hetero) is 1. The molecule has 0 bridgehead atoms. The Morgan fingerprint density at radius 2 is 1.82 bits per heavy atom. The van der Waals surface area contributed by atoms with Crippen molar-refractivity contribution in [2.75, 3.05) is 6.54 Å². The summed E-state index contributed by atoms with van der Waals surface area (Å²) >= 11 is 3.26. The van der Waals surface area contributed by atoms with Crippen molar-refractivity contribution in [1.29, 1.82) is 0 Å². The second-order valence-corrected chi connectivity index (χ2v) is 9.32. The van der Waals surface area contributed by atoms with E-state index < -0.39 is 0 Å². The summed E-state index contributed by atoms with van der Waals surface area (Å²) in [5.74, 6) is -0.0302. The molecule has 0 aliphatic rings. The molecule has 0 radical (unpaired) electrons. The Bertz CT molecular complexity index is 971. The minimum Gasteiger partial charge on any atom is -0.356 e. The molecular formula is C22H24N2O2S2. The smallest absolute Gasteiger partial charge is 0.220 e. The molecule has 0 aliphatic carbocycles. The number of thiophene rings is 1. The predicted molar refractivity (Wildman–Crippen MR) is 116 cm³/mol. The van der Waals surface area contributed by atoms with Gasteiger partial charge in [-0.05, 0) is 38.8 Å². The van der Waals surface area contributed by atoms with Gasteiger partial charge in [-0.25, -0.2) is 4.98 Å². The number of ketones is 1. The molecule has 0 aliphatic heterocycles. The Hall–Kier alpha value is -2.31. The second kappa shape index (κ2) is 9.26. The maximum atomic E-state index is 12.3. The van der Waals surface area contributed by atoms with Crippen LogP contribution < -0.4 is 5.32 Å². The summed E-state index contributed by atoms with van der Waals surface area (Å²) < 4.78 is 0. The minimum absolute atomic E-state index is 0.0462. The highest BCUT2D eigenvalue weighted by atomic mass is 32.1.